The highest BCUT2D eigenvalue weighted by Crippen LogP contribution is 2.33. The van der Waals surface area contributed by atoms with Crippen LogP contribution >= 0.6 is 0 Å². The van der Waals surface area contributed by atoms with Crippen LogP contribution in [-0.4, -0.2) is 47.5 Å². The van der Waals surface area contributed by atoms with Gasteiger partial charge >= 0.3 is 34.2 Å². The van der Waals surface area contributed by atoms with Crippen LogP contribution in [0.4, 0.5) is 0 Å². The Hall–Kier alpha value is 0.148. The molecule has 1 saturated heterocycles. The third-order valence-electron chi connectivity index (χ3n) is 3.60. The van der Waals surface area contributed by atoms with E-state index in [1.807, 2.05) is 44.5 Å². The van der Waals surface area contributed by atoms with Gasteiger partial charge in [-0.05, 0) is 52.1 Å². The molecule has 0 aliphatic carbocycles. The fraction of sp³-hybridized carbons (Fsp3) is 0.714. The highest BCUT2D eigenvalue weighted by atomic mass is 28.5. The first-order chi connectivity index (χ1) is 10.5. The van der Waals surface area contributed by atoms with Crippen molar-refractivity contribution in [2.75, 3.05) is 13.2 Å². The van der Waals surface area contributed by atoms with Crippen molar-refractivity contribution in [1.29, 1.82) is 0 Å². The molecule has 0 bridgehead atoms. The van der Waals surface area contributed by atoms with Gasteiger partial charge in [0.1, 0.15) is 0 Å². The molecule has 5 nitrogen and oxygen atoms in total. The summed E-state index contributed by atoms with van der Waals surface area (Å²) >= 11 is 0. The predicted molar refractivity (Wildman–Crippen MR) is 103 cm³/mol. The average Bonchev–Trinajstić information content (AvgIpc) is 2.40. The Labute approximate surface area is 145 Å². The van der Waals surface area contributed by atoms with E-state index < -0.39 is 34.2 Å². The van der Waals surface area contributed by atoms with Gasteiger partial charge in [-0.25, -0.2) is 0 Å². The van der Waals surface area contributed by atoms with E-state index in [-0.39, 0.29) is 0 Å². The number of rotatable bonds is 7. The quantitative estimate of drug-likeness (QED) is 0.486. The maximum Gasteiger partial charge on any atom is 0.343 e. The predicted octanol–water partition coefficient (Wildman–Crippen LogP) is 3.86. The molecule has 1 heterocycles. The lowest BCUT2D eigenvalue weighted by molar-refractivity contribution is 0.145. The Balaban J connectivity index is 3.02. The van der Waals surface area contributed by atoms with E-state index in [4.69, 9.17) is 21.2 Å². The summed E-state index contributed by atoms with van der Waals surface area (Å²) in [6, 6.07) is 0.842. The zero-order chi connectivity index (χ0) is 17.8. The fourth-order valence-electron chi connectivity index (χ4n) is 2.83. The summed E-state index contributed by atoms with van der Waals surface area (Å²) in [7, 11) is -9.88. The van der Waals surface area contributed by atoms with Crippen LogP contribution in [0.25, 0.3) is 0 Å². The van der Waals surface area contributed by atoms with Crippen LogP contribution in [0, 0.1) is 0 Å². The first-order valence-electron chi connectivity index (χ1n) is 8.16. The summed E-state index contributed by atoms with van der Waals surface area (Å²) in [6.45, 7) is 21.5. The van der Waals surface area contributed by atoms with Gasteiger partial charge in [0.05, 0.1) is 0 Å². The van der Waals surface area contributed by atoms with Crippen molar-refractivity contribution in [1.82, 2.24) is 0 Å². The van der Waals surface area contributed by atoms with Crippen LogP contribution in [0.2, 0.25) is 38.8 Å². The molecule has 1 aliphatic rings. The lowest BCUT2D eigenvalue weighted by Gasteiger charge is -2.47. The van der Waals surface area contributed by atoms with Gasteiger partial charge in [-0.1, -0.05) is 11.4 Å². The molecule has 0 aromatic carbocycles. The van der Waals surface area contributed by atoms with E-state index in [2.05, 4.69) is 19.7 Å². The Kier molecular flexibility index (Phi) is 7.39. The number of hydrogen-bond acceptors (Lipinski definition) is 5. The molecule has 0 spiro atoms. The second-order valence-corrected chi connectivity index (χ2v) is 20.4. The summed E-state index contributed by atoms with van der Waals surface area (Å²) in [4.78, 5) is 0. The Morgan fingerprint density at radius 1 is 0.870 bits per heavy atom. The maximum atomic E-state index is 6.53. The highest BCUT2D eigenvalue weighted by Gasteiger charge is 2.53. The van der Waals surface area contributed by atoms with Crippen LogP contribution < -0.4 is 0 Å². The molecule has 1 fully saturated rings. The largest absolute Gasteiger partial charge is 0.413 e. The van der Waals surface area contributed by atoms with E-state index in [9.17, 15) is 0 Å². The maximum absolute atomic E-state index is 6.53. The highest BCUT2D eigenvalue weighted by molar-refractivity contribution is 6.95. The minimum Gasteiger partial charge on any atom is -0.413 e. The van der Waals surface area contributed by atoms with Gasteiger partial charge in [0.2, 0.25) is 0 Å². The minimum atomic E-state index is -2.52. The van der Waals surface area contributed by atoms with Gasteiger partial charge in [0.15, 0.2) is 0 Å². The molecule has 0 N–H and O–H groups in total. The summed E-state index contributed by atoms with van der Waals surface area (Å²) in [5, 5.41) is 0. The zero-order valence-electron chi connectivity index (χ0n) is 15.4. The van der Waals surface area contributed by atoms with E-state index >= 15 is 0 Å². The van der Waals surface area contributed by atoms with Crippen LogP contribution in [-0.2, 0) is 21.2 Å². The third-order valence-corrected chi connectivity index (χ3v) is 20.2. The van der Waals surface area contributed by atoms with Gasteiger partial charge in [-0.15, -0.1) is 13.2 Å². The van der Waals surface area contributed by atoms with Crippen LogP contribution in [0.15, 0.2) is 24.6 Å². The molecule has 2 atom stereocenters. The lowest BCUT2D eigenvalue weighted by atomic mass is 10.5. The van der Waals surface area contributed by atoms with Crippen LogP contribution in [0.5, 0.6) is 0 Å². The lowest BCUT2D eigenvalue weighted by Crippen LogP contribution is -2.65. The average molecular weight is 393 g/mol. The monoisotopic (exact) mass is 392 g/mol. The molecule has 134 valence electrons. The molecule has 1 rings (SSSR count). The molecule has 2 unspecified atom stereocenters. The third kappa shape index (κ3) is 6.51. The molecular weight excluding hydrogens is 360 g/mol. The molecule has 0 radical (unpaired) electrons. The SMILES string of the molecule is C=C[Si]1(C)O[Si](C)(C)O[Si](C)(C=C)O[Si](C)(CCCOCC)O1. The van der Waals surface area contributed by atoms with E-state index in [0.717, 1.165) is 19.1 Å². The normalized spacial score (nSPS) is 37.7. The number of hydrogen-bond donors (Lipinski definition) is 0. The molecule has 0 saturated carbocycles. The smallest absolute Gasteiger partial charge is 0.343 e. The Bertz CT molecular complexity index is 405. The standard InChI is InChI=1S/C14H32O5Si4/c1-9-15-13-12-14-23(8)18-21(6,10-2)16-20(4,5)17-22(7,11-3)19-23/h10-11H,2-3,9,12-14H2,1,4-8H3. The zero-order valence-corrected chi connectivity index (χ0v) is 19.4. The molecule has 1 aliphatic heterocycles. The van der Waals surface area contributed by atoms with Gasteiger partial charge in [0, 0.05) is 13.2 Å². The summed E-state index contributed by atoms with van der Waals surface area (Å²) < 4.78 is 31.2. The van der Waals surface area contributed by atoms with Gasteiger partial charge in [0.25, 0.3) is 0 Å². The van der Waals surface area contributed by atoms with Crippen molar-refractivity contribution in [2.45, 2.75) is 52.1 Å². The molecule has 23 heavy (non-hydrogen) atoms. The van der Waals surface area contributed by atoms with E-state index in [1.165, 1.54) is 0 Å². The van der Waals surface area contributed by atoms with Gasteiger partial charge in [-0.3, -0.25) is 0 Å². The van der Waals surface area contributed by atoms with E-state index in [0.29, 0.717) is 6.61 Å². The van der Waals surface area contributed by atoms with Gasteiger partial charge < -0.3 is 21.2 Å². The Morgan fingerprint density at radius 3 is 1.74 bits per heavy atom. The van der Waals surface area contributed by atoms with Crippen LogP contribution in [0.1, 0.15) is 13.3 Å². The molecular formula is C14H32O5Si4. The summed E-state index contributed by atoms with van der Waals surface area (Å²) in [5.74, 6) is 0. The van der Waals surface area contributed by atoms with Crippen molar-refractivity contribution in [3.05, 3.63) is 24.6 Å². The van der Waals surface area contributed by atoms with Gasteiger partial charge in [-0.2, -0.15) is 0 Å². The van der Waals surface area contributed by atoms with Crippen molar-refractivity contribution in [3.63, 3.8) is 0 Å². The first-order valence-corrected chi connectivity index (χ1v) is 18.3. The van der Waals surface area contributed by atoms with Crippen molar-refractivity contribution < 1.29 is 21.2 Å². The van der Waals surface area contributed by atoms with Crippen LogP contribution in [0.3, 0.4) is 0 Å². The molecule has 0 amide bonds. The molecule has 9 heteroatoms. The topological polar surface area (TPSA) is 46.2 Å². The summed E-state index contributed by atoms with van der Waals surface area (Å²) in [5.41, 5.74) is 3.67. The first kappa shape index (κ1) is 21.2. The molecule has 0 aromatic rings. The van der Waals surface area contributed by atoms with Crippen molar-refractivity contribution >= 4 is 34.2 Å². The van der Waals surface area contributed by atoms with Crippen molar-refractivity contribution in [3.8, 4) is 0 Å². The van der Waals surface area contributed by atoms with Crippen molar-refractivity contribution in [2.24, 2.45) is 0 Å². The minimum absolute atomic E-state index is 0.715. The molecule has 0 aromatic heterocycles. The Morgan fingerprint density at radius 2 is 1.35 bits per heavy atom. The van der Waals surface area contributed by atoms with E-state index in [1.54, 1.807) is 0 Å². The second-order valence-electron chi connectivity index (χ2n) is 6.68. The second kappa shape index (κ2) is 8.02. The summed E-state index contributed by atoms with van der Waals surface area (Å²) in [6.07, 6.45) is 0.903. The number of ether oxygens (including phenoxy) is 1. The fourth-order valence-corrected chi connectivity index (χ4v) is 22.6.